The van der Waals surface area contributed by atoms with Crippen LogP contribution in [0.3, 0.4) is 0 Å². The molecule has 0 unspecified atom stereocenters. The van der Waals surface area contributed by atoms with Gasteiger partial charge in [-0.1, -0.05) is 28.9 Å². The first-order chi connectivity index (χ1) is 8.26. The Morgan fingerprint density at radius 1 is 1.41 bits per heavy atom. The first-order valence-electron chi connectivity index (χ1n) is 5.63. The molecule has 17 heavy (non-hydrogen) atoms. The summed E-state index contributed by atoms with van der Waals surface area (Å²) in [4.78, 5) is 4.39. The third kappa shape index (κ3) is 2.72. The van der Waals surface area contributed by atoms with Gasteiger partial charge in [0, 0.05) is 29.2 Å². The Bertz CT molecular complexity index is 508. The molecule has 0 amide bonds. The largest absolute Gasteiger partial charge is 0.303 e. The van der Waals surface area contributed by atoms with Crippen LogP contribution >= 0.6 is 27.5 Å². The Morgan fingerprint density at radius 3 is 2.94 bits per heavy atom. The summed E-state index contributed by atoms with van der Waals surface area (Å²) >= 11 is 9.48. The van der Waals surface area contributed by atoms with Gasteiger partial charge in [-0.05, 0) is 24.1 Å². The van der Waals surface area contributed by atoms with Crippen molar-refractivity contribution in [2.24, 2.45) is 0 Å². The summed E-state index contributed by atoms with van der Waals surface area (Å²) < 4.78 is 3.17. The molecule has 1 aromatic carbocycles. The average molecular weight is 314 g/mol. The number of hydrogen-bond donors (Lipinski definition) is 0. The number of aromatic nitrogens is 2. The van der Waals surface area contributed by atoms with Crippen molar-refractivity contribution in [3.8, 4) is 5.69 Å². The highest BCUT2D eigenvalue weighted by atomic mass is 79.9. The highest BCUT2D eigenvalue weighted by Gasteiger charge is 2.08. The molecule has 0 N–H and O–H groups in total. The van der Waals surface area contributed by atoms with Crippen molar-refractivity contribution in [1.82, 2.24) is 9.55 Å². The van der Waals surface area contributed by atoms with Crippen LogP contribution in [0.1, 0.15) is 24.7 Å². The zero-order valence-corrected chi connectivity index (χ0v) is 12.0. The third-order valence-corrected chi connectivity index (χ3v) is 3.42. The van der Waals surface area contributed by atoms with E-state index in [1.54, 1.807) is 0 Å². The predicted octanol–water partition coefficient (Wildman–Crippen LogP) is 4.33. The number of imidazole rings is 1. The van der Waals surface area contributed by atoms with Gasteiger partial charge in [0.25, 0.3) is 0 Å². The molecule has 2 aromatic rings. The van der Waals surface area contributed by atoms with Crippen LogP contribution in [-0.4, -0.2) is 9.55 Å². The number of halogens is 2. The van der Waals surface area contributed by atoms with Gasteiger partial charge in [0.05, 0.1) is 5.69 Å². The SMILES string of the molecule is CCCc1nccn1-c1cc(Br)ccc1CCl. The van der Waals surface area contributed by atoms with Crippen molar-refractivity contribution >= 4 is 27.5 Å². The lowest BCUT2D eigenvalue weighted by Crippen LogP contribution is -2.03. The maximum atomic E-state index is 5.98. The predicted molar refractivity (Wildman–Crippen MR) is 74.8 cm³/mol. The summed E-state index contributed by atoms with van der Waals surface area (Å²) in [5.74, 6) is 1.59. The van der Waals surface area contributed by atoms with Crippen LogP contribution in [0, 0.1) is 0 Å². The molecule has 0 atom stereocenters. The first kappa shape index (κ1) is 12.7. The van der Waals surface area contributed by atoms with Gasteiger partial charge in [-0.2, -0.15) is 0 Å². The van der Waals surface area contributed by atoms with Crippen molar-refractivity contribution < 1.29 is 0 Å². The van der Waals surface area contributed by atoms with Gasteiger partial charge >= 0.3 is 0 Å². The van der Waals surface area contributed by atoms with E-state index < -0.39 is 0 Å². The van der Waals surface area contributed by atoms with Crippen molar-refractivity contribution in [2.45, 2.75) is 25.6 Å². The topological polar surface area (TPSA) is 17.8 Å². The molecule has 0 aliphatic rings. The van der Waals surface area contributed by atoms with Crippen LogP contribution in [0.4, 0.5) is 0 Å². The van der Waals surface area contributed by atoms with E-state index in [1.807, 2.05) is 24.5 Å². The second-order valence-corrected chi connectivity index (χ2v) is 5.05. The number of hydrogen-bond acceptors (Lipinski definition) is 1. The third-order valence-electron chi connectivity index (χ3n) is 2.64. The molecule has 4 heteroatoms. The second kappa shape index (κ2) is 5.69. The number of aryl methyl sites for hydroxylation is 1. The lowest BCUT2D eigenvalue weighted by molar-refractivity contribution is 0.806. The molecule has 0 radical (unpaired) electrons. The van der Waals surface area contributed by atoms with Gasteiger partial charge in [-0.15, -0.1) is 11.6 Å². The van der Waals surface area contributed by atoms with Gasteiger partial charge < -0.3 is 4.57 Å². The Labute approximate surface area is 115 Å². The molecule has 0 bridgehead atoms. The Kier molecular flexibility index (Phi) is 4.24. The van der Waals surface area contributed by atoms with Crippen molar-refractivity contribution in [3.05, 3.63) is 46.5 Å². The van der Waals surface area contributed by atoms with Gasteiger partial charge in [0.15, 0.2) is 0 Å². The van der Waals surface area contributed by atoms with E-state index in [4.69, 9.17) is 11.6 Å². The molecule has 0 aliphatic heterocycles. The lowest BCUT2D eigenvalue weighted by Gasteiger charge is -2.11. The summed E-state index contributed by atoms with van der Waals surface area (Å²) in [6.07, 6.45) is 5.88. The van der Waals surface area contributed by atoms with E-state index >= 15 is 0 Å². The fourth-order valence-corrected chi connectivity index (χ4v) is 2.41. The van der Waals surface area contributed by atoms with Gasteiger partial charge in [-0.25, -0.2) is 4.98 Å². The van der Waals surface area contributed by atoms with E-state index in [-0.39, 0.29) is 0 Å². The van der Waals surface area contributed by atoms with E-state index in [2.05, 4.69) is 38.5 Å². The van der Waals surface area contributed by atoms with E-state index in [1.165, 1.54) is 0 Å². The van der Waals surface area contributed by atoms with Gasteiger partial charge in [0.2, 0.25) is 0 Å². The molecular weight excluding hydrogens is 300 g/mol. The number of rotatable bonds is 4. The van der Waals surface area contributed by atoms with Crippen LogP contribution in [0.15, 0.2) is 35.1 Å². The summed E-state index contributed by atoms with van der Waals surface area (Å²) in [5.41, 5.74) is 2.22. The van der Waals surface area contributed by atoms with E-state index in [0.29, 0.717) is 5.88 Å². The molecule has 1 heterocycles. The molecule has 0 aliphatic carbocycles. The van der Waals surface area contributed by atoms with Crippen LogP contribution < -0.4 is 0 Å². The molecule has 0 fully saturated rings. The van der Waals surface area contributed by atoms with E-state index in [9.17, 15) is 0 Å². The lowest BCUT2D eigenvalue weighted by atomic mass is 10.2. The van der Waals surface area contributed by atoms with Gasteiger partial charge in [0.1, 0.15) is 5.82 Å². The molecular formula is C13H14BrClN2. The fraction of sp³-hybridized carbons (Fsp3) is 0.308. The molecule has 2 rings (SSSR count). The van der Waals surface area contributed by atoms with Crippen LogP contribution in [-0.2, 0) is 12.3 Å². The maximum Gasteiger partial charge on any atom is 0.113 e. The monoisotopic (exact) mass is 312 g/mol. The quantitative estimate of drug-likeness (QED) is 0.768. The minimum atomic E-state index is 0.506. The number of alkyl halides is 1. The maximum absolute atomic E-state index is 5.98. The highest BCUT2D eigenvalue weighted by Crippen LogP contribution is 2.23. The Hall–Kier alpha value is -0.800. The zero-order chi connectivity index (χ0) is 12.3. The standard InChI is InChI=1S/C13H14BrClN2/c1-2-3-13-16-6-7-17(13)12-8-11(14)5-4-10(12)9-15/h4-8H,2-3,9H2,1H3. The molecule has 0 saturated carbocycles. The molecule has 90 valence electrons. The van der Waals surface area contributed by atoms with Crippen molar-refractivity contribution in [1.29, 1.82) is 0 Å². The smallest absolute Gasteiger partial charge is 0.113 e. The molecule has 0 saturated heterocycles. The van der Waals surface area contributed by atoms with Crippen LogP contribution in [0.25, 0.3) is 5.69 Å². The van der Waals surface area contributed by atoms with Crippen LogP contribution in [0.5, 0.6) is 0 Å². The second-order valence-electron chi connectivity index (χ2n) is 3.87. The zero-order valence-electron chi connectivity index (χ0n) is 9.66. The minimum Gasteiger partial charge on any atom is -0.303 e. The number of nitrogens with zero attached hydrogens (tertiary/aromatic N) is 2. The van der Waals surface area contributed by atoms with E-state index in [0.717, 1.165) is 34.4 Å². The number of benzene rings is 1. The van der Waals surface area contributed by atoms with Gasteiger partial charge in [-0.3, -0.25) is 0 Å². The summed E-state index contributed by atoms with van der Waals surface area (Å²) in [6.45, 7) is 2.16. The average Bonchev–Trinajstić information content (AvgIpc) is 2.77. The summed E-state index contributed by atoms with van der Waals surface area (Å²) in [6, 6.07) is 6.14. The highest BCUT2D eigenvalue weighted by molar-refractivity contribution is 9.10. The Morgan fingerprint density at radius 2 is 2.24 bits per heavy atom. The molecule has 1 aromatic heterocycles. The molecule has 2 nitrogen and oxygen atoms in total. The summed E-state index contributed by atoms with van der Waals surface area (Å²) in [5, 5.41) is 0. The summed E-state index contributed by atoms with van der Waals surface area (Å²) in [7, 11) is 0. The Balaban J connectivity index is 2.51. The van der Waals surface area contributed by atoms with Crippen molar-refractivity contribution in [3.63, 3.8) is 0 Å². The minimum absolute atomic E-state index is 0.506. The molecule has 0 spiro atoms. The van der Waals surface area contributed by atoms with Crippen LogP contribution in [0.2, 0.25) is 0 Å². The fourth-order valence-electron chi connectivity index (χ4n) is 1.84. The van der Waals surface area contributed by atoms with Crippen molar-refractivity contribution in [2.75, 3.05) is 0 Å². The normalized spacial score (nSPS) is 10.8. The first-order valence-corrected chi connectivity index (χ1v) is 6.96.